The molecule has 1 heteroatoms. The quantitative estimate of drug-likeness (QED) is 0.428. The lowest BCUT2D eigenvalue weighted by molar-refractivity contribution is 0.699. The van der Waals surface area contributed by atoms with Gasteiger partial charge in [-0.15, -0.1) is 0 Å². The van der Waals surface area contributed by atoms with Crippen molar-refractivity contribution in [2.75, 3.05) is 5.32 Å². The molecule has 0 aliphatic carbocycles. The van der Waals surface area contributed by atoms with E-state index in [1.165, 1.54) is 34.2 Å². The highest BCUT2D eigenvalue weighted by Crippen LogP contribution is 2.40. The highest BCUT2D eigenvalue weighted by Gasteiger charge is 2.20. The fourth-order valence-corrected chi connectivity index (χ4v) is 4.48. The van der Waals surface area contributed by atoms with Gasteiger partial charge in [0.15, 0.2) is 0 Å². The van der Waals surface area contributed by atoms with Crippen molar-refractivity contribution in [3.63, 3.8) is 0 Å². The van der Waals surface area contributed by atoms with Crippen molar-refractivity contribution in [2.45, 2.75) is 66.2 Å². The maximum atomic E-state index is 3.49. The molecule has 2 unspecified atom stereocenters. The Morgan fingerprint density at radius 2 is 1.28 bits per heavy atom. The van der Waals surface area contributed by atoms with Crippen LogP contribution in [0.3, 0.4) is 0 Å². The summed E-state index contributed by atoms with van der Waals surface area (Å²) in [6.45, 7) is 13.9. The number of hydrogen-bond acceptors (Lipinski definition) is 1. The van der Waals surface area contributed by atoms with Crippen LogP contribution in [0.4, 0.5) is 11.4 Å². The van der Waals surface area contributed by atoms with Gasteiger partial charge in [0, 0.05) is 11.4 Å². The Morgan fingerprint density at radius 1 is 0.724 bits per heavy atom. The summed E-state index contributed by atoms with van der Waals surface area (Å²) in [4.78, 5) is 0. The lowest BCUT2D eigenvalue weighted by Crippen LogP contribution is -2.07. The molecule has 0 aliphatic rings. The number of aryl methyl sites for hydroxylation is 1. The maximum absolute atomic E-state index is 3.49. The fourth-order valence-electron chi connectivity index (χ4n) is 4.48. The van der Waals surface area contributed by atoms with Gasteiger partial charge in [0.25, 0.3) is 0 Å². The molecule has 0 saturated heterocycles. The molecule has 152 valence electrons. The molecule has 0 spiro atoms. The molecule has 3 rings (SSSR count). The molecule has 2 atom stereocenters. The minimum absolute atomic E-state index is 0.551. The van der Waals surface area contributed by atoms with Gasteiger partial charge in [-0.3, -0.25) is 0 Å². The SMILES string of the molecule is CCC(C)c1c(C)cc(-c2ccc(Nc3ccccc3)cc2)c(C(C)CC)c1C. The van der Waals surface area contributed by atoms with Crippen LogP contribution in [0.1, 0.15) is 74.6 Å². The van der Waals surface area contributed by atoms with Crippen LogP contribution in [0.5, 0.6) is 0 Å². The van der Waals surface area contributed by atoms with Crippen LogP contribution in [0.2, 0.25) is 0 Å². The Kier molecular flexibility index (Phi) is 6.79. The van der Waals surface area contributed by atoms with Crippen molar-refractivity contribution in [3.8, 4) is 11.1 Å². The van der Waals surface area contributed by atoms with E-state index >= 15 is 0 Å². The Balaban J connectivity index is 2.03. The molecule has 0 saturated carbocycles. The summed E-state index contributed by atoms with van der Waals surface area (Å²) in [6, 6.07) is 21.7. The first-order valence-electron chi connectivity index (χ1n) is 11.0. The van der Waals surface area contributed by atoms with E-state index < -0.39 is 0 Å². The lowest BCUT2D eigenvalue weighted by Gasteiger charge is -2.26. The summed E-state index contributed by atoms with van der Waals surface area (Å²) in [6.07, 6.45) is 2.34. The average Bonchev–Trinajstić information content (AvgIpc) is 2.74. The summed E-state index contributed by atoms with van der Waals surface area (Å²) in [7, 11) is 0. The van der Waals surface area contributed by atoms with Gasteiger partial charge in [0.05, 0.1) is 0 Å². The lowest BCUT2D eigenvalue weighted by atomic mass is 9.79. The molecule has 3 aromatic carbocycles. The second kappa shape index (κ2) is 9.31. The monoisotopic (exact) mass is 385 g/mol. The Labute approximate surface area is 177 Å². The van der Waals surface area contributed by atoms with Crippen LogP contribution in [0, 0.1) is 13.8 Å². The third kappa shape index (κ3) is 4.56. The minimum Gasteiger partial charge on any atom is -0.356 e. The highest BCUT2D eigenvalue weighted by atomic mass is 14.9. The van der Waals surface area contributed by atoms with Crippen LogP contribution in [0.25, 0.3) is 11.1 Å². The summed E-state index contributed by atoms with van der Waals surface area (Å²) >= 11 is 0. The Bertz CT molecular complexity index is 938. The molecule has 0 amide bonds. The Morgan fingerprint density at radius 3 is 1.86 bits per heavy atom. The first-order chi connectivity index (χ1) is 14.0. The predicted molar refractivity (Wildman–Crippen MR) is 128 cm³/mol. The second-order valence-corrected chi connectivity index (χ2v) is 8.38. The largest absolute Gasteiger partial charge is 0.356 e. The zero-order chi connectivity index (χ0) is 21.0. The third-order valence-corrected chi connectivity index (χ3v) is 6.35. The van der Waals surface area contributed by atoms with Gasteiger partial charge in [-0.1, -0.05) is 64.1 Å². The van der Waals surface area contributed by atoms with E-state index in [1.54, 1.807) is 5.56 Å². The molecular formula is C28H35N. The van der Waals surface area contributed by atoms with E-state index in [1.807, 2.05) is 6.07 Å². The number of para-hydroxylation sites is 1. The van der Waals surface area contributed by atoms with E-state index in [-0.39, 0.29) is 0 Å². The average molecular weight is 386 g/mol. The summed E-state index contributed by atoms with van der Waals surface area (Å²) in [5.41, 5.74) is 10.9. The molecule has 0 radical (unpaired) electrons. The maximum Gasteiger partial charge on any atom is 0.0384 e. The minimum atomic E-state index is 0.551. The predicted octanol–water partition coefficient (Wildman–Crippen LogP) is 8.74. The van der Waals surface area contributed by atoms with Crippen molar-refractivity contribution >= 4 is 11.4 Å². The molecule has 1 N–H and O–H groups in total. The Hall–Kier alpha value is -2.54. The third-order valence-electron chi connectivity index (χ3n) is 6.35. The molecule has 0 aliphatic heterocycles. The van der Waals surface area contributed by atoms with E-state index in [0.717, 1.165) is 17.8 Å². The zero-order valence-corrected chi connectivity index (χ0v) is 18.8. The van der Waals surface area contributed by atoms with Crippen molar-refractivity contribution in [3.05, 3.63) is 82.9 Å². The van der Waals surface area contributed by atoms with Gasteiger partial charge in [0.2, 0.25) is 0 Å². The van der Waals surface area contributed by atoms with Crippen molar-refractivity contribution in [2.24, 2.45) is 0 Å². The number of hydrogen-bond donors (Lipinski definition) is 1. The van der Waals surface area contributed by atoms with E-state index in [2.05, 4.69) is 101 Å². The van der Waals surface area contributed by atoms with Crippen LogP contribution < -0.4 is 5.32 Å². The standard InChI is InChI=1S/C28H35N/c1-7-19(3)27-21(5)18-26(28(22(27)6)20(4)8-2)23-14-16-25(17-15-23)29-24-12-10-9-11-13-24/h9-20,29H,7-8H2,1-6H3. The summed E-state index contributed by atoms with van der Waals surface area (Å²) in [5, 5.41) is 3.49. The normalized spacial score (nSPS) is 13.2. The van der Waals surface area contributed by atoms with E-state index in [4.69, 9.17) is 0 Å². The van der Waals surface area contributed by atoms with Crippen molar-refractivity contribution < 1.29 is 0 Å². The van der Waals surface area contributed by atoms with Crippen LogP contribution in [0.15, 0.2) is 60.7 Å². The molecule has 0 heterocycles. The number of nitrogens with one attached hydrogen (secondary N) is 1. The number of rotatable bonds is 7. The summed E-state index contributed by atoms with van der Waals surface area (Å²) in [5.74, 6) is 1.15. The van der Waals surface area contributed by atoms with Gasteiger partial charge < -0.3 is 5.32 Å². The fraction of sp³-hybridized carbons (Fsp3) is 0.357. The van der Waals surface area contributed by atoms with Crippen LogP contribution in [-0.4, -0.2) is 0 Å². The molecular weight excluding hydrogens is 350 g/mol. The van der Waals surface area contributed by atoms with E-state index in [0.29, 0.717) is 11.8 Å². The molecule has 1 nitrogen and oxygen atoms in total. The van der Waals surface area contributed by atoms with Gasteiger partial charge in [-0.2, -0.15) is 0 Å². The topological polar surface area (TPSA) is 12.0 Å². The van der Waals surface area contributed by atoms with Crippen LogP contribution >= 0.6 is 0 Å². The molecule has 0 bridgehead atoms. The van der Waals surface area contributed by atoms with E-state index in [9.17, 15) is 0 Å². The van der Waals surface area contributed by atoms with Crippen molar-refractivity contribution in [1.29, 1.82) is 0 Å². The van der Waals surface area contributed by atoms with Gasteiger partial charge in [-0.05, 0) is 96.2 Å². The first kappa shape index (κ1) is 21.2. The molecule has 3 aromatic rings. The number of anilines is 2. The molecule has 0 aromatic heterocycles. The first-order valence-corrected chi connectivity index (χ1v) is 11.0. The van der Waals surface area contributed by atoms with Gasteiger partial charge in [0.1, 0.15) is 0 Å². The van der Waals surface area contributed by atoms with Crippen LogP contribution in [-0.2, 0) is 0 Å². The smallest absolute Gasteiger partial charge is 0.0384 e. The van der Waals surface area contributed by atoms with Gasteiger partial charge >= 0.3 is 0 Å². The van der Waals surface area contributed by atoms with Crippen molar-refractivity contribution in [1.82, 2.24) is 0 Å². The second-order valence-electron chi connectivity index (χ2n) is 8.38. The number of benzene rings is 3. The molecule has 0 fully saturated rings. The highest BCUT2D eigenvalue weighted by molar-refractivity contribution is 5.74. The zero-order valence-electron chi connectivity index (χ0n) is 18.8. The molecule has 29 heavy (non-hydrogen) atoms. The van der Waals surface area contributed by atoms with Gasteiger partial charge in [-0.25, -0.2) is 0 Å². The summed E-state index contributed by atoms with van der Waals surface area (Å²) < 4.78 is 0.